The monoisotopic (exact) mass is 359 g/mol. The van der Waals surface area contributed by atoms with Gasteiger partial charge in [0.15, 0.2) is 0 Å². The molecule has 0 spiro atoms. The predicted octanol–water partition coefficient (Wildman–Crippen LogP) is 4.50. The zero-order chi connectivity index (χ0) is 14.7. The summed E-state index contributed by atoms with van der Waals surface area (Å²) in [6.45, 7) is 7.84. The molecule has 1 aromatic carbocycles. The number of halogens is 2. The number of hydrogen-bond donors (Lipinski definition) is 1. The lowest BCUT2D eigenvalue weighted by molar-refractivity contribution is 0.103. The Balaban J connectivity index is 1.90. The molecule has 0 radical (unpaired) electrons. The maximum Gasteiger partial charge on any atom is 0.0816 e. The van der Waals surface area contributed by atoms with Gasteiger partial charge in [-0.3, -0.25) is 0 Å². The molecule has 1 aromatic rings. The lowest BCUT2D eigenvalue weighted by Gasteiger charge is -2.35. The van der Waals surface area contributed by atoms with Crippen LogP contribution < -0.4 is 0 Å². The van der Waals surface area contributed by atoms with E-state index >= 15 is 0 Å². The van der Waals surface area contributed by atoms with Gasteiger partial charge in [-0.25, -0.2) is 0 Å². The first kappa shape index (κ1) is 16.3. The fourth-order valence-electron chi connectivity index (χ4n) is 3.21. The molecule has 0 aromatic heterocycles. The summed E-state index contributed by atoms with van der Waals surface area (Å²) < 4.78 is 0.942. The third kappa shape index (κ3) is 4.45. The first-order valence-corrected chi connectivity index (χ1v) is 8.48. The summed E-state index contributed by atoms with van der Waals surface area (Å²) in [6.07, 6.45) is 1.57. The Hall–Kier alpha value is -0.0900. The summed E-state index contributed by atoms with van der Waals surface area (Å²) in [4.78, 5) is 2.47. The summed E-state index contributed by atoms with van der Waals surface area (Å²) >= 11 is 9.57. The van der Waals surface area contributed by atoms with Crippen molar-refractivity contribution in [3.05, 3.63) is 33.3 Å². The van der Waals surface area contributed by atoms with Crippen LogP contribution in [0.1, 0.15) is 38.4 Å². The number of nitrogens with zero attached hydrogens (tertiary/aromatic N) is 1. The molecular formula is C16H23BrClNO. The van der Waals surface area contributed by atoms with Gasteiger partial charge >= 0.3 is 0 Å². The van der Waals surface area contributed by atoms with Gasteiger partial charge in [-0.2, -0.15) is 0 Å². The van der Waals surface area contributed by atoms with Crippen molar-refractivity contribution in [1.29, 1.82) is 0 Å². The molecule has 20 heavy (non-hydrogen) atoms. The predicted molar refractivity (Wildman–Crippen MR) is 88.1 cm³/mol. The van der Waals surface area contributed by atoms with Gasteiger partial charge in [-0.1, -0.05) is 47.4 Å². The van der Waals surface area contributed by atoms with E-state index in [-0.39, 0.29) is 0 Å². The molecule has 2 nitrogen and oxygen atoms in total. The van der Waals surface area contributed by atoms with Gasteiger partial charge < -0.3 is 10.0 Å². The van der Waals surface area contributed by atoms with Crippen LogP contribution in [0.5, 0.6) is 0 Å². The molecule has 1 heterocycles. The second-order valence-corrected chi connectivity index (χ2v) is 7.50. The maximum absolute atomic E-state index is 10.3. The summed E-state index contributed by atoms with van der Waals surface area (Å²) in [6, 6.07) is 5.67. The highest BCUT2D eigenvalue weighted by atomic mass is 79.9. The summed E-state index contributed by atoms with van der Waals surface area (Å²) in [5.74, 6) is 1.51. The molecule has 0 saturated carbocycles. The minimum Gasteiger partial charge on any atom is -0.388 e. The van der Waals surface area contributed by atoms with Gasteiger partial charge in [0.05, 0.1) is 6.10 Å². The molecule has 3 unspecified atom stereocenters. The first-order valence-electron chi connectivity index (χ1n) is 7.31. The van der Waals surface area contributed by atoms with Crippen LogP contribution in [0.2, 0.25) is 5.02 Å². The summed E-state index contributed by atoms with van der Waals surface area (Å²) in [5, 5.41) is 11.0. The highest BCUT2D eigenvalue weighted by Gasteiger charge is 2.22. The third-order valence-electron chi connectivity index (χ3n) is 3.98. The van der Waals surface area contributed by atoms with Gasteiger partial charge in [0.25, 0.3) is 0 Å². The molecule has 1 aliphatic heterocycles. The molecule has 4 heteroatoms. The van der Waals surface area contributed by atoms with E-state index in [9.17, 15) is 5.11 Å². The second-order valence-electron chi connectivity index (χ2n) is 6.18. The van der Waals surface area contributed by atoms with E-state index in [4.69, 9.17) is 11.6 Å². The van der Waals surface area contributed by atoms with Crippen LogP contribution in [0.25, 0.3) is 0 Å². The number of hydrogen-bond acceptors (Lipinski definition) is 2. The van der Waals surface area contributed by atoms with Gasteiger partial charge in [0.1, 0.15) is 0 Å². The van der Waals surface area contributed by atoms with Crippen molar-refractivity contribution in [2.45, 2.75) is 32.8 Å². The van der Waals surface area contributed by atoms with Gasteiger partial charge in [-0.15, -0.1) is 0 Å². The number of rotatable bonds is 4. The number of likely N-dealkylation sites (tertiary alicyclic amines) is 1. The molecule has 0 amide bonds. The number of benzene rings is 1. The molecule has 0 bridgehead atoms. The van der Waals surface area contributed by atoms with E-state index < -0.39 is 6.10 Å². The fraction of sp³-hybridized carbons (Fsp3) is 0.625. The van der Waals surface area contributed by atoms with Gasteiger partial charge in [0, 0.05) is 29.1 Å². The van der Waals surface area contributed by atoms with Crippen molar-refractivity contribution in [2.24, 2.45) is 11.8 Å². The maximum atomic E-state index is 10.3. The van der Waals surface area contributed by atoms with E-state index in [2.05, 4.69) is 34.7 Å². The lowest BCUT2D eigenvalue weighted by atomic mass is 9.91. The van der Waals surface area contributed by atoms with Crippen molar-refractivity contribution < 1.29 is 5.11 Å². The molecule has 3 atom stereocenters. The number of aliphatic hydroxyl groups excluding tert-OH is 1. The molecule has 2 rings (SSSR count). The topological polar surface area (TPSA) is 23.5 Å². The molecule has 112 valence electrons. The standard InChI is InChI=1S/C16H23BrClNO/c1-11-7-12(2)10-19(9-11)6-5-16(20)14-4-3-13(17)8-15(14)18/h3-4,8,11-12,16,20H,5-7,9-10H2,1-2H3. The highest BCUT2D eigenvalue weighted by Crippen LogP contribution is 2.29. The Morgan fingerprint density at radius 2 is 2.00 bits per heavy atom. The number of piperidine rings is 1. The van der Waals surface area contributed by atoms with Crippen molar-refractivity contribution >= 4 is 27.5 Å². The van der Waals surface area contributed by atoms with Crippen molar-refractivity contribution in [1.82, 2.24) is 4.90 Å². The van der Waals surface area contributed by atoms with Crippen molar-refractivity contribution in [2.75, 3.05) is 19.6 Å². The van der Waals surface area contributed by atoms with Gasteiger partial charge in [0.2, 0.25) is 0 Å². The van der Waals surface area contributed by atoms with Crippen LogP contribution in [0.4, 0.5) is 0 Å². The zero-order valence-corrected chi connectivity index (χ0v) is 14.5. The molecule has 1 saturated heterocycles. The largest absolute Gasteiger partial charge is 0.388 e. The quantitative estimate of drug-likeness (QED) is 0.854. The SMILES string of the molecule is CC1CC(C)CN(CCC(O)c2ccc(Br)cc2Cl)C1. The van der Waals surface area contributed by atoms with Gasteiger partial charge in [-0.05, 0) is 42.4 Å². The molecule has 1 N–H and O–H groups in total. The first-order chi connectivity index (χ1) is 9.45. The van der Waals surface area contributed by atoms with E-state index in [1.54, 1.807) is 0 Å². The molecule has 0 aliphatic carbocycles. The molecule has 1 aliphatic rings. The van der Waals surface area contributed by atoms with Crippen LogP contribution in [0, 0.1) is 11.8 Å². The van der Waals surface area contributed by atoms with E-state index in [0.717, 1.165) is 47.9 Å². The van der Waals surface area contributed by atoms with Crippen molar-refractivity contribution in [3.8, 4) is 0 Å². The normalized spacial score (nSPS) is 25.6. The summed E-state index contributed by atoms with van der Waals surface area (Å²) in [5.41, 5.74) is 0.827. The Bertz CT molecular complexity index is 444. The Morgan fingerprint density at radius 3 is 2.60 bits per heavy atom. The zero-order valence-electron chi connectivity index (χ0n) is 12.1. The highest BCUT2D eigenvalue weighted by molar-refractivity contribution is 9.10. The van der Waals surface area contributed by atoms with Crippen LogP contribution >= 0.6 is 27.5 Å². The third-order valence-corrected chi connectivity index (χ3v) is 4.81. The van der Waals surface area contributed by atoms with Crippen LogP contribution in [0.15, 0.2) is 22.7 Å². The van der Waals surface area contributed by atoms with Crippen molar-refractivity contribution in [3.63, 3.8) is 0 Å². The Labute approximate surface area is 135 Å². The minimum atomic E-state index is -0.483. The van der Waals surface area contributed by atoms with Crippen LogP contribution in [0.3, 0.4) is 0 Å². The lowest BCUT2D eigenvalue weighted by Crippen LogP contribution is -2.39. The Kier molecular flexibility index (Phi) is 5.91. The molecular weight excluding hydrogens is 338 g/mol. The van der Waals surface area contributed by atoms with E-state index in [1.807, 2.05) is 18.2 Å². The second kappa shape index (κ2) is 7.26. The van der Waals surface area contributed by atoms with E-state index in [0.29, 0.717) is 5.02 Å². The smallest absolute Gasteiger partial charge is 0.0816 e. The average molecular weight is 361 g/mol. The Morgan fingerprint density at radius 1 is 1.35 bits per heavy atom. The summed E-state index contributed by atoms with van der Waals surface area (Å²) in [7, 11) is 0. The van der Waals surface area contributed by atoms with Crippen LogP contribution in [-0.4, -0.2) is 29.6 Å². The number of aliphatic hydroxyl groups is 1. The average Bonchev–Trinajstić information content (AvgIpc) is 2.35. The fourth-order valence-corrected chi connectivity index (χ4v) is 4.01. The molecule has 1 fully saturated rings. The van der Waals surface area contributed by atoms with E-state index in [1.165, 1.54) is 6.42 Å². The van der Waals surface area contributed by atoms with Crippen LogP contribution in [-0.2, 0) is 0 Å². The minimum absolute atomic E-state index is 0.483.